The number of carbonyl (C=O) groups is 2. The molecule has 130 valence electrons. The highest BCUT2D eigenvalue weighted by Crippen LogP contribution is 2.26. The first-order chi connectivity index (χ1) is 11.9. The topological polar surface area (TPSA) is 121 Å². The van der Waals surface area contributed by atoms with Crippen molar-refractivity contribution in [1.82, 2.24) is 9.78 Å². The van der Waals surface area contributed by atoms with Gasteiger partial charge in [0.1, 0.15) is 17.8 Å². The lowest BCUT2D eigenvalue weighted by molar-refractivity contribution is -0.386. The van der Waals surface area contributed by atoms with Crippen molar-refractivity contribution in [2.75, 3.05) is 6.61 Å². The summed E-state index contributed by atoms with van der Waals surface area (Å²) < 4.78 is 5.39. The van der Waals surface area contributed by atoms with E-state index >= 15 is 0 Å². The number of esters is 1. The Morgan fingerprint density at radius 1 is 1.28 bits per heavy atom. The number of ether oxygens (including phenoxy) is 1. The summed E-state index contributed by atoms with van der Waals surface area (Å²) in [4.78, 5) is 46.4. The van der Waals surface area contributed by atoms with E-state index in [0.29, 0.717) is 10.2 Å². The van der Waals surface area contributed by atoms with Crippen LogP contribution in [0.5, 0.6) is 0 Å². The SMILES string of the molecule is CCOC(=O)Cn1nc(-c2ccccc2)c(C(C)=O)c([N+](=O)[O-])c1=O. The highest BCUT2D eigenvalue weighted by molar-refractivity contribution is 6.03. The van der Waals surface area contributed by atoms with Gasteiger partial charge < -0.3 is 4.74 Å². The zero-order valence-corrected chi connectivity index (χ0v) is 13.6. The number of nitro groups is 1. The summed E-state index contributed by atoms with van der Waals surface area (Å²) in [6.45, 7) is 2.20. The maximum Gasteiger partial charge on any atom is 0.348 e. The van der Waals surface area contributed by atoms with Crippen LogP contribution in [0.4, 0.5) is 5.69 Å². The van der Waals surface area contributed by atoms with Crippen LogP contribution in [0.15, 0.2) is 35.1 Å². The van der Waals surface area contributed by atoms with E-state index in [1.165, 1.54) is 0 Å². The Morgan fingerprint density at radius 2 is 1.92 bits per heavy atom. The van der Waals surface area contributed by atoms with Gasteiger partial charge in [-0.3, -0.25) is 24.5 Å². The fourth-order valence-electron chi connectivity index (χ4n) is 2.29. The molecule has 9 nitrogen and oxygen atoms in total. The highest BCUT2D eigenvalue weighted by atomic mass is 16.6. The summed E-state index contributed by atoms with van der Waals surface area (Å²) in [7, 11) is 0. The number of nitrogens with zero attached hydrogens (tertiary/aromatic N) is 3. The van der Waals surface area contributed by atoms with E-state index in [1.807, 2.05) is 0 Å². The first-order valence-electron chi connectivity index (χ1n) is 7.38. The molecule has 0 N–H and O–H groups in total. The van der Waals surface area contributed by atoms with Crippen molar-refractivity contribution in [3.63, 3.8) is 0 Å². The first kappa shape index (κ1) is 18.0. The van der Waals surface area contributed by atoms with Gasteiger partial charge in [-0.1, -0.05) is 30.3 Å². The molecule has 0 unspecified atom stereocenters. The van der Waals surface area contributed by atoms with Gasteiger partial charge >= 0.3 is 17.2 Å². The average Bonchev–Trinajstić information content (AvgIpc) is 2.56. The predicted molar refractivity (Wildman–Crippen MR) is 87.2 cm³/mol. The van der Waals surface area contributed by atoms with Crippen LogP contribution >= 0.6 is 0 Å². The molecule has 0 fully saturated rings. The van der Waals surface area contributed by atoms with E-state index in [-0.39, 0.29) is 17.9 Å². The van der Waals surface area contributed by atoms with Crippen molar-refractivity contribution in [2.45, 2.75) is 20.4 Å². The van der Waals surface area contributed by atoms with Gasteiger partial charge in [0.05, 0.1) is 11.5 Å². The molecule has 0 spiro atoms. The van der Waals surface area contributed by atoms with E-state index in [4.69, 9.17) is 4.74 Å². The first-order valence-corrected chi connectivity index (χ1v) is 7.38. The van der Waals surface area contributed by atoms with Crippen LogP contribution in [-0.2, 0) is 16.1 Å². The number of benzene rings is 1. The molecule has 0 saturated carbocycles. The molecule has 25 heavy (non-hydrogen) atoms. The molecule has 0 aliphatic carbocycles. The van der Waals surface area contributed by atoms with Crippen molar-refractivity contribution in [2.24, 2.45) is 0 Å². The molecule has 2 rings (SSSR count). The fraction of sp³-hybridized carbons (Fsp3) is 0.250. The summed E-state index contributed by atoms with van der Waals surface area (Å²) in [6.07, 6.45) is 0. The molecule has 0 aliphatic heterocycles. The maximum atomic E-state index is 12.4. The minimum atomic E-state index is -1.14. The third kappa shape index (κ3) is 3.77. The van der Waals surface area contributed by atoms with Gasteiger partial charge in [-0.25, -0.2) is 4.68 Å². The van der Waals surface area contributed by atoms with Crippen LogP contribution in [0, 0.1) is 10.1 Å². The standard InChI is InChI=1S/C16H15N3O6/c1-3-25-12(21)9-18-16(22)15(19(23)24)13(10(2)20)14(17-18)11-7-5-4-6-8-11/h4-8H,3,9H2,1-2H3. The molecular weight excluding hydrogens is 330 g/mol. The molecular formula is C16H15N3O6. The van der Waals surface area contributed by atoms with Crippen LogP contribution in [0.3, 0.4) is 0 Å². The molecule has 0 amide bonds. The number of hydrogen-bond donors (Lipinski definition) is 0. The van der Waals surface area contributed by atoms with Crippen molar-refractivity contribution >= 4 is 17.4 Å². The second-order valence-corrected chi connectivity index (χ2v) is 5.02. The lowest BCUT2D eigenvalue weighted by atomic mass is 10.0. The van der Waals surface area contributed by atoms with Crippen molar-refractivity contribution in [1.29, 1.82) is 0 Å². The summed E-state index contributed by atoms with van der Waals surface area (Å²) in [5, 5.41) is 15.4. The molecule has 0 radical (unpaired) electrons. The van der Waals surface area contributed by atoms with Crippen LogP contribution in [0.1, 0.15) is 24.2 Å². The zero-order chi connectivity index (χ0) is 18.6. The Labute approximate surface area is 142 Å². The summed E-state index contributed by atoms with van der Waals surface area (Å²) >= 11 is 0. The number of carbonyl (C=O) groups excluding carboxylic acids is 2. The molecule has 1 heterocycles. The van der Waals surface area contributed by atoms with Crippen molar-refractivity contribution in [3.8, 4) is 11.3 Å². The van der Waals surface area contributed by atoms with Gasteiger partial charge in [0, 0.05) is 5.56 Å². The van der Waals surface area contributed by atoms with Gasteiger partial charge in [-0.05, 0) is 13.8 Å². The quantitative estimate of drug-likeness (QED) is 0.337. The maximum absolute atomic E-state index is 12.4. The Kier molecular flexibility index (Phi) is 5.38. The highest BCUT2D eigenvalue weighted by Gasteiger charge is 2.30. The molecule has 2 aromatic rings. The Balaban J connectivity index is 2.78. The minimum Gasteiger partial charge on any atom is -0.465 e. The third-order valence-electron chi connectivity index (χ3n) is 3.30. The number of ketones is 1. The number of rotatable bonds is 6. The molecule has 9 heteroatoms. The Hall–Kier alpha value is -3.36. The summed E-state index contributed by atoms with van der Waals surface area (Å²) in [5.41, 5.74) is -2.06. The van der Waals surface area contributed by atoms with Gasteiger partial charge in [0.15, 0.2) is 5.78 Å². The van der Waals surface area contributed by atoms with E-state index in [2.05, 4.69) is 5.10 Å². The zero-order valence-electron chi connectivity index (χ0n) is 13.6. The van der Waals surface area contributed by atoms with Crippen LogP contribution in [0.25, 0.3) is 11.3 Å². The smallest absolute Gasteiger partial charge is 0.348 e. The van der Waals surface area contributed by atoms with E-state index in [1.54, 1.807) is 37.3 Å². The van der Waals surface area contributed by atoms with E-state index in [9.17, 15) is 24.5 Å². The lowest BCUT2D eigenvalue weighted by Crippen LogP contribution is -2.31. The summed E-state index contributed by atoms with van der Waals surface area (Å²) in [5.74, 6) is -1.43. The molecule has 1 aromatic heterocycles. The van der Waals surface area contributed by atoms with Gasteiger partial charge in [-0.2, -0.15) is 5.10 Å². The largest absolute Gasteiger partial charge is 0.465 e. The number of hydrogen-bond acceptors (Lipinski definition) is 7. The lowest BCUT2D eigenvalue weighted by Gasteiger charge is -2.11. The van der Waals surface area contributed by atoms with Crippen molar-refractivity contribution in [3.05, 3.63) is 56.4 Å². The second kappa shape index (κ2) is 7.47. The van der Waals surface area contributed by atoms with E-state index in [0.717, 1.165) is 6.92 Å². The third-order valence-corrected chi connectivity index (χ3v) is 3.30. The molecule has 0 aliphatic rings. The normalized spacial score (nSPS) is 10.3. The van der Waals surface area contributed by atoms with Gasteiger partial charge in [-0.15, -0.1) is 0 Å². The van der Waals surface area contributed by atoms with Crippen LogP contribution in [0.2, 0.25) is 0 Å². The monoisotopic (exact) mass is 345 g/mol. The van der Waals surface area contributed by atoms with Crippen molar-refractivity contribution < 1.29 is 19.2 Å². The average molecular weight is 345 g/mol. The molecule has 0 saturated heterocycles. The van der Waals surface area contributed by atoms with Crippen LogP contribution in [-0.4, -0.2) is 33.1 Å². The predicted octanol–water partition coefficient (Wildman–Crippen LogP) is 1.58. The minimum absolute atomic E-state index is 0.0382. The number of Topliss-reactive ketones (excluding diaryl/α,β-unsaturated/α-hetero) is 1. The second-order valence-electron chi connectivity index (χ2n) is 5.02. The van der Waals surface area contributed by atoms with E-state index < -0.39 is 34.5 Å². The Bertz CT molecular complexity index is 889. The van der Waals surface area contributed by atoms with Gasteiger partial charge in [0.25, 0.3) is 0 Å². The molecule has 0 atom stereocenters. The molecule has 0 bridgehead atoms. The van der Waals surface area contributed by atoms with Gasteiger partial charge in [0.2, 0.25) is 0 Å². The summed E-state index contributed by atoms with van der Waals surface area (Å²) in [6, 6.07) is 8.23. The van der Waals surface area contributed by atoms with Crippen LogP contribution < -0.4 is 5.56 Å². The Morgan fingerprint density at radius 3 is 2.44 bits per heavy atom. The molecule has 1 aromatic carbocycles. The number of aromatic nitrogens is 2. The fourth-order valence-corrected chi connectivity index (χ4v) is 2.29.